The standard InChI is InChI=1S/C19H28N6O/c1-3-25-17(13-24-11-8-20-14(24)2)21-22-19(25)16-6-9-23(10-7-16)18(26)12-15-4-5-15/h8,11,15-16H,3-7,9-10,12-13H2,1-2H3. The highest BCUT2D eigenvalue weighted by molar-refractivity contribution is 5.76. The Morgan fingerprint density at radius 3 is 2.58 bits per heavy atom. The van der Waals surface area contributed by atoms with Gasteiger partial charge in [-0.15, -0.1) is 10.2 Å². The fourth-order valence-electron chi connectivity index (χ4n) is 3.92. The number of nitrogens with zero attached hydrogens (tertiary/aromatic N) is 6. The highest BCUT2D eigenvalue weighted by atomic mass is 16.2. The summed E-state index contributed by atoms with van der Waals surface area (Å²) in [5, 5.41) is 8.99. The lowest BCUT2D eigenvalue weighted by atomic mass is 9.95. The number of aryl methyl sites for hydroxylation is 1. The Bertz CT molecular complexity index is 767. The molecule has 0 unspecified atom stereocenters. The Labute approximate surface area is 154 Å². The van der Waals surface area contributed by atoms with Gasteiger partial charge < -0.3 is 14.0 Å². The SMILES string of the molecule is CCn1c(Cn2ccnc2C)nnc1C1CCN(C(=O)CC2CC2)CC1. The van der Waals surface area contributed by atoms with Crippen LogP contribution in [0.25, 0.3) is 0 Å². The molecule has 0 radical (unpaired) electrons. The first-order valence-electron chi connectivity index (χ1n) is 9.83. The van der Waals surface area contributed by atoms with Gasteiger partial charge in [-0.1, -0.05) is 0 Å². The first-order chi connectivity index (χ1) is 12.7. The second kappa shape index (κ2) is 7.21. The molecular weight excluding hydrogens is 328 g/mol. The molecule has 2 aliphatic rings. The molecule has 1 aliphatic carbocycles. The van der Waals surface area contributed by atoms with Crippen LogP contribution in [0.1, 0.15) is 62.4 Å². The molecule has 2 aromatic heterocycles. The van der Waals surface area contributed by atoms with E-state index in [0.29, 0.717) is 24.3 Å². The van der Waals surface area contributed by atoms with Crippen LogP contribution in [0.5, 0.6) is 0 Å². The third-order valence-corrected chi connectivity index (χ3v) is 5.78. The first kappa shape index (κ1) is 17.2. The van der Waals surface area contributed by atoms with Gasteiger partial charge in [-0.3, -0.25) is 4.79 Å². The summed E-state index contributed by atoms with van der Waals surface area (Å²) in [5.41, 5.74) is 0. The van der Waals surface area contributed by atoms with Gasteiger partial charge in [0.15, 0.2) is 5.82 Å². The van der Waals surface area contributed by atoms with Crippen LogP contribution < -0.4 is 0 Å². The number of aromatic nitrogens is 5. The average molecular weight is 356 g/mol. The zero-order valence-corrected chi connectivity index (χ0v) is 15.8. The molecule has 1 aliphatic heterocycles. The van der Waals surface area contributed by atoms with Crippen molar-refractivity contribution in [3.05, 3.63) is 29.9 Å². The number of carbonyl (C=O) groups is 1. The number of likely N-dealkylation sites (tertiary alicyclic amines) is 1. The van der Waals surface area contributed by atoms with Crippen LogP contribution in [0.15, 0.2) is 12.4 Å². The van der Waals surface area contributed by atoms with Crippen molar-refractivity contribution < 1.29 is 4.79 Å². The van der Waals surface area contributed by atoms with Crippen LogP contribution in [-0.2, 0) is 17.9 Å². The molecule has 7 nitrogen and oxygen atoms in total. The van der Waals surface area contributed by atoms with E-state index in [1.165, 1.54) is 12.8 Å². The number of rotatable bonds is 6. The summed E-state index contributed by atoms with van der Waals surface area (Å²) in [5.74, 6) is 4.45. The van der Waals surface area contributed by atoms with Gasteiger partial charge in [-0.05, 0) is 45.4 Å². The fourth-order valence-corrected chi connectivity index (χ4v) is 3.92. The van der Waals surface area contributed by atoms with E-state index in [-0.39, 0.29) is 0 Å². The number of amides is 1. The van der Waals surface area contributed by atoms with Gasteiger partial charge in [0.2, 0.25) is 5.91 Å². The first-order valence-corrected chi connectivity index (χ1v) is 9.83. The summed E-state index contributed by atoms with van der Waals surface area (Å²) in [7, 11) is 0. The molecule has 4 rings (SSSR count). The highest BCUT2D eigenvalue weighted by Crippen LogP contribution is 2.34. The second-order valence-corrected chi connectivity index (χ2v) is 7.62. The Balaban J connectivity index is 1.41. The molecule has 0 spiro atoms. The quantitative estimate of drug-likeness (QED) is 0.797. The molecule has 0 aromatic carbocycles. The molecule has 0 atom stereocenters. The van der Waals surface area contributed by atoms with Crippen molar-refractivity contribution in [2.45, 2.75) is 65.0 Å². The van der Waals surface area contributed by atoms with E-state index >= 15 is 0 Å². The maximum Gasteiger partial charge on any atom is 0.222 e. The van der Waals surface area contributed by atoms with E-state index < -0.39 is 0 Å². The topological polar surface area (TPSA) is 68.8 Å². The van der Waals surface area contributed by atoms with Gasteiger partial charge in [-0.2, -0.15) is 0 Å². The molecule has 26 heavy (non-hydrogen) atoms. The summed E-state index contributed by atoms with van der Waals surface area (Å²) in [6.45, 7) is 7.41. The van der Waals surface area contributed by atoms with Crippen LogP contribution in [0.3, 0.4) is 0 Å². The van der Waals surface area contributed by atoms with Crippen LogP contribution >= 0.6 is 0 Å². The van der Waals surface area contributed by atoms with Crippen molar-refractivity contribution in [3.8, 4) is 0 Å². The van der Waals surface area contributed by atoms with Gasteiger partial charge >= 0.3 is 0 Å². The fraction of sp³-hybridized carbons (Fsp3) is 0.684. The predicted octanol–water partition coefficient (Wildman–Crippen LogP) is 2.36. The Morgan fingerprint density at radius 2 is 1.96 bits per heavy atom. The lowest BCUT2D eigenvalue weighted by Crippen LogP contribution is -2.38. The minimum Gasteiger partial charge on any atom is -0.343 e. The molecule has 140 valence electrons. The van der Waals surface area contributed by atoms with E-state index in [2.05, 4.69) is 36.1 Å². The zero-order valence-electron chi connectivity index (χ0n) is 15.8. The van der Waals surface area contributed by atoms with Crippen molar-refractivity contribution in [3.63, 3.8) is 0 Å². The summed E-state index contributed by atoms with van der Waals surface area (Å²) in [6, 6.07) is 0. The smallest absolute Gasteiger partial charge is 0.222 e. The second-order valence-electron chi connectivity index (χ2n) is 7.62. The van der Waals surface area contributed by atoms with Crippen molar-refractivity contribution in [2.75, 3.05) is 13.1 Å². The maximum absolute atomic E-state index is 12.3. The van der Waals surface area contributed by atoms with Crippen molar-refractivity contribution in [1.29, 1.82) is 0 Å². The van der Waals surface area contributed by atoms with E-state index in [1.807, 2.05) is 19.3 Å². The molecule has 3 heterocycles. The number of hydrogen-bond donors (Lipinski definition) is 0. The Kier molecular flexibility index (Phi) is 4.78. The minimum atomic E-state index is 0.346. The van der Waals surface area contributed by atoms with Crippen molar-refractivity contribution >= 4 is 5.91 Å². The van der Waals surface area contributed by atoms with Gasteiger partial charge in [0.1, 0.15) is 11.6 Å². The zero-order chi connectivity index (χ0) is 18.1. The Hall–Kier alpha value is -2.18. The third-order valence-electron chi connectivity index (χ3n) is 5.78. The number of piperidine rings is 1. The van der Waals surface area contributed by atoms with Gasteiger partial charge in [0.25, 0.3) is 0 Å². The van der Waals surface area contributed by atoms with Gasteiger partial charge in [-0.25, -0.2) is 4.98 Å². The van der Waals surface area contributed by atoms with Crippen molar-refractivity contribution in [2.24, 2.45) is 5.92 Å². The van der Waals surface area contributed by atoms with Crippen LogP contribution in [0.4, 0.5) is 0 Å². The normalized spacial score (nSPS) is 18.5. The van der Waals surface area contributed by atoms with E-state index in [4.69, 9.17) is 0 Å². The summed E-state index contributed by atoms with van der Waals surface area (Å²) in [6.07, 6.45) is 8.99. The summed E-state index contributed by atoms with van der Waals surface area (Å²) in [4.78, 5) is 18.6. The molecule has 2 aromatic rings. The van der Waals surface area contributed by atoms with Crippen LogP contribution in [-0.4, -0.2) is 48.2 Å². The van der Waals surface area contributed by atoms with Crippen LogP contribution in [0, 0.1) is 12.8 Å². The molecular formula is C19H28N6O. The predicted molar refractivity (Wildman–Crippen MR) is 97.7 cm³/mol. The van der Waals surface area contributed by atoms with E-state index in [9.17, 15) is 4.79 Å². The summed E-state index contributed by atoms with van der Waals surface area (Å²) < 4.78 is 4.34. The average Bonchev–Trinajstić information content (AvgIpc) is 3.23. The molecule has 7 heteroatoms. The van der Waals surface area contributed by atoms with Gasteiger partial charge in [0.05, 0.1) is 6.54 Å². The lowest BCUT2D eigenvalue weighted by molar-refractivity contribution is -0.132. The number of hydrogen-bond acceptors (Lipinski definition) is 4. The largest absolute Gasteiger partial charge is 0.343 e. The molecule has 1 saturated carbocycles. The molecule has 1 amide bonds. The number of imidazole rings is 1. The molecule has 1 saturated heterocycles. The van der Waals surface area contributed by atoms with E-state index in [0.717, 1.165) is 56.4 Å². The Morgan fingerprint density at radius 1 is 1.19 bits per heavy atom. The van der Waals surface area contributed by atoms with Crippen LogP contribution in [0.2, 0.25) is 0 Å². The highest BCUT2D eigenvalue weighted by Gasteiger charge is 2.31. The van der Waals surface area contributed by atoms with Crippen molar-refractivity contribution in [1.82, 2.24) is 29.2 Å². The molecule has 2 fully saturated rings. The third kappa shape index (κ3) is 3.52. The monoisotopic (exact) mass is 356 g/mol. The van der Waals surface area contributed by atoms with E-state index in [1.54, 1.807) is 0 Å². The maximum atomic E-state index is 12.3. The van der Waals surface area contributed by atoms with Gasteiger partial charge in [0, 0.05) is 44.4 Å². The summed E-state index contributed by atoms with van der Waals surface area (Å²) >= 11 is 0. The molecule has 0 N–H and O–H groups in total. The number of carbonyl (C=O) groups excluding carboxylic acids is 1. The molecule has 0 bridgehead atoms. The minimum absolute atomic E-state index is 0.346. The lowest BCUT2D eigenvalue weighted by Gasteiger charge is -2.31.